The molecular formula is C14H25N3O2. The van der Waals surface area contributed by atoms with Gasteiger partial charge < -0.3 is 19.4 Å². The Balaban J connectivity index is 1.73. The first-order valence-electron chi connectivity index (χ1n) is 7.25. The van der Waals surface area contributed by atoms with Crippen LogP contribution in [-0.4, -0.2) is 43.0 Å². The highest BCUT2D eigenvalue weighted by atomic mass is 16.5. The minimum absolute atomic E-state index is 0.619. The molecule has 108 valence electrons. The van der Waals surface area contributed by atoms with Gasteiger partial charge in [-0.15, -0.1) is 0 Å². The molecule has 0 radical (unpaired) electrons. The highest BCUT2D eigenvalue weighted by Gasteiger charge is 2.17. The van der Waals surface area contributed by atoms with E-state index >= 15 is 0 Å². The molecule has 1 aliphatic rings. The first kappa shape index (κ1) is 14.3. The number of hydrogen-bond donors (Lipinski definition) is 1. The molecule has 1 aromatic rings. The zero-order valence-electron chi connectivity index (χ0n) is 11.8. The van der Waals surface area contributed by atoms with Crippen LogP contribution < -0.4 is 5.32 Å². The number of ether oxygens (including phenoxy) is 2. The molecule has 0 aromatic carbocycles. The van der Waals surface area contributed by atoms with Crippen LogP contribution in [0.5, 0.6) is 0 Å². The Kier molecular flexibility index (Phi) is 6.17. The van der Waals surface area contributed by atoms with Crippen molar-refractivity contribution in [3.8, 4) is 0 Å². The van der Waals surface area contributed by atoms with E-state index in [1.165, 1.54) is 32.1 Å². The van der Waals surface area contributed by atoms with Gasteiger partial charge in [0, 0.05) is 32.1 Å². The fourth-order valence-electron chi connectivity index (χ4n) is 2.58. The summed E-state index contributed by atoms with van der Waals surface area (Å²) >= 11 is 0. The van der Waals surface area contributed by atoms with Gasteiger partial charge in [-0.3, -0.25) is 0 Å². The molecule has 0 spiro atoms. The highest BCUT2D eigenvalue weighted by molar-refractivity contribution is 5.26. The van der Waals surface area contributed by atoms with Gasteiger partial charge >= 0.3 is 0 Å². The van der Waals surface area contributed by atoms with Crippen molar-refractivity contribution >= 4 is 5.95 Å². The SMILES string of the molecule is COCCOCCNc1nccn1C1CCCCC1. The van der Waals surface area contributed by atoms with Gasteiger partial charge in [-0.1, -0.05) is 19.3 Å². The molecule has 0 unspecified atom stereocenters. The molecule has 0 saturated heterocycles. The fraction of sp³-hybridized carbons (Fsp3) is 0.786. The van der Waals surface area contributed by atoms with Crippen molar-refractivity contribution in [2.45, 2.75) is 38.1 Å². The van der Waals surface area contributed by atoms with Crippen LogP contribution in [0.3, 0.4) is 0 Å². The lowest BCUT2D eigenvalue weighted by Crippen LogP contribution is -2.18. The lowest BCUT2D eigenvalue weighted by atomic mass is 9.95. The molecule has 1 N–H and O–H groups in total. The quantitative estimate of drug-likeness (QED) is 0.735. The third-order valence-corrected chi connectivity index (χ3v) is 3.60. The van der Waals surface area contributed by atoms with Crippen LogP contribution in [0.25, 0.3) is 0 Å². The van der Waals surface area contributed by atoms with Crippen LogP contribution in [0.1, 0.15) is 38.1 Å². The van der Waals surface area contributed by atoms with Crippen molar-refractivity contribution in [2.24, 2.45) is 0 Å². The zero-order chi connectivity index (χ0) is 13.3. The standard InChI is InChI=1S/C14H25N3O2/c1-18-11-12-19-10-8-16-14-15-7-9-17(14)13-5-3-2-4-6-13/h7,9,13H,2-6,8,10-12H2,1H3,(H,15,16). The second-order valence-corrected chi connectivity index (χ2v) is 4.98. The van der Waals surface area contributed by atoms with E-state index in [-0.39, 0.29) is 0 Å². The van der Waals surface area contributed by atoms with Crippen LogP contribution in [0.4, 0.5) is 5.95 Å². The van der Waals surface area contributed by atoms with E-state index in [1.807, 2.05) is 6.20 Å². The molecule has 1 saturated carbocycles. The Morgan fingerprint density at radius 1 is 1.26 bits per heavy atom. The fourth-order valence-corrected chi connectivity index (χ4v) is 2.58. The van der Waals surface area contributed by atoms with E-state index in [2.05, 4.69) is 21.1 Å². The summed E-state index contributed by atoms with van der Waals surface area (Å²) in [5, 5.41) is 3.35. The topological polar surface area (TPSA) is 48.3 Å². The molecule has 0 aliphatic heterocycles. The Labute approximate surface area is 115 Å². The molecule has 0 bridgehead atoms. The summed E-state index contributed by atoms with van der Waals surface area (Å²) in [7, 11) is 1.68. The molecule has 19 heavy (non-hydrogen) atoms. The van der Waals surface area contributed by atoms with Crippen LogP contribution in [-0.2, 0) is 9.47 Å². The van der Waals surface area contributed by atoms with Gasteiger partial charge in [0.25, 0.3) is 0 Å². The van der Waals surface area contributed by atoms with Crippen molar-refractivity contribution < 1.29 is 9.47 Å². The Bertz CT molecular complexity index is 348. The number of hydrogen-bond acceptors (Lipinski definition) is 4. The maximum atomic E-state index is 5.43. The second-order valence-electron chi connectivity index (χ2n) is 4.98. The minimum Gasteiger partial charge on any atom is -0.382 e. The molecule has 5 nitrogen and oxygen atoms in total. The Morgan fingerprint density at radius 2 is 2.11 bits per heavy atom. The molecule has 1 heterocycles. The van der Waals surface area contributed by atoms with Gasteiger partial charge in [-0.2, -0.15) is 0 Å². The summed E-state index contributed by atoms with van der Waals surface area (Å²) in [6.07, 6.45) is 10.6. The van der Waals surface area contributed by atoms with Gasteiger partial charge in [0.05, 0.1) is 19.8 Å². The van der Waals surface area contributed by atoms with Crippen molar-refractivity contribution in [3.63, 3.8) is 0 Å². The normalized spacial score (nSPS) is 16.7. The van der Waals surface area contributed by atoms with Crippen LogP contribution in [0, 0.1) is 0 Å². The van der Waals surface area contributed by atoms with Gasteiger partial charge in [-0.25, -0.2) is 4.98 Å². The predicted molar refractivity (Wildman–Crippen MR) is 75.5 cm³/mol. The number of imidazole rings is 1. The summed E-state index contributed by atoms with van der Waals surface area (Å²) < 4.78 is 12.7. The van der Waals surface area contributed by atoms with Gasteiger partial charge in [0.1, 0.15) is 0 Å². The number of rotatable bonds is 8. The highest BCUT2D eigenvalue weighted by Crippen LogP contribution is 2.29. The third kappa shape index (κ3) is 4.51. The largest absolute Gasteiger partial charge is 0.382 e. The van der Waals surface area contributed by atoms with Gasteiger partial charge in [0.15, 0.2) is 0 Å². The maximum Gasteiger partial charge on any atom is 0.203 e. The Morgan fingerprint density at radius 3 is 2.89 bits per heavy atom. The third-order valence-electron chi connectivity index (χ3n) is 3.60. The Hall–Kier alpha value is -1.07. The summed E-state index contributed by atoms with van der Waals surface area (Å²) in [6, 6.07) is 0.619. The predicted octanol–water partition coefficient (Wildman–Crippen LogP) is 2.46. The average Bonchev–Trinajstić information content (AvgIpc) is 2.92. The lowest BCUT2D eigenvalue weighted by molar-refractivity contribution is 0.0758. The molecule has 1 aliphatic carbocycles. The summed E-state index contributed by atoms with van der Waals surface area (Å²) in [6.45, 7) is 2.76. The monoisotopic (exact) mass is 267 g/mol. The first-order chi connectivity index (χ1) is 9.42. The van der Waals surface area contributed by atoms with E-state index in [1.54, 1.807) is 7.11 Å². The summed E-state index contributed by atoms with van der Waals surface area (Å²) in [5.41, 5.74) is 0. The second kappa shape index (κ2) is 8.17. The van der Waals surface area contributed by atoms with E-state index in [0.29, 0.717) is 25.9 Å². The van der Waals surface area contributed by atoms with Crippen molar-refractivity contribution in [2.75, 3.05) is 38.8 Å². The van der Waals surface area contributed by atoms with Gasteiger partial charge in [-0.05, 0) is 12.8 Å². The van der Waals surface area contributed by atoms with Crippen LogP contribution in [0.15, 0.2) is 12.4 Å². The minimum atomic E-state index is 0.619. The zero-order valence-corrected chi connectivity index (χ0v) is 11.8. The summed E-state index contributed by atoms with van der Waals surface area (Å²) in [5.74, 6) is 0.974. The molecule has 0 atom stereocenters. The summed E-state index contributed by atoms with van der Waals surface area (Å²) in [4.78, 5) is 4.40. The van der Waals surface area contributed by atoms with Crippen molar-refractivity contribution in [3.05, 3.63) is 12.4 Å². The lowest BCUT2D eigenvalue weighted by Gasteiger charge is -2.24. The van der Waals surface area contributed by atoms with Crippen LogP contribution >= 0.6 is 0 Å². The van der Waals surface area contributed by atoms with E-state index in [4.69, 9.17) is 9.47 Å². The van der Waals surface area contributed by atoms with Crippen molar-refractivity contribution in [1.82, 2.24) is 9.55 Å². The number of methoxy groups -OCH3 is 1. The average molecular weight is 267 g/mol. The van der Waals surface area contributed by atoms with Gasteiger partial charge in [0.2, 0.25) is 5.95 Å². The molecular weight excluding hydrogens is 242 g/mol. The van der Waals surface area contributed by atoms with E-state index in [9.17, 15) is 0 Å². The smallest absolute Gasteiger partial charge is 0.203 e. The molecule has 1 fully saturated rings. The number of anilines is 1. The number of aromatic nitrogens is 2. The van der Waals surface area contributed by atoms with E-state index < -0.39 is 0 Å². The van der Waals surface area contributed by atoms with Crippen LogP contribution in [0.2, 0.25) is 0 Å². The van der Waals surface area contributed by atoms with E-state index in [0.717, 1.165) is 12.5 Å². The molecule has 1 aromatic heterocycles. The first-order valence-corrected chi connectivity index (χ1v) is 7.25. The van der Waals surface area contributed by atoms with Crippen molar-refractivity contribution in [1.29, 1.82) is 0 Å². The number of nitrogens with one attached hydrogen (secondary N) is 1. The molecule has 2 rings (SSSR count). The molecule has 0 amide bonds. The maximum absolute atomic E-state index is 5.43. The molecule has 5 heteroatoms. The number of nitrogens with zero attached hydrogens (tertiary/aromatic N) is 2.